The SMILES string of the molecule is COc1cc(OC)cc(C(=O)NC[C@H](c2cccs2)N(C)C)c1. The number of hydrogen-bond donors (Lipinski definition) is 1. The van der Waals surface area contributed by atoms with Gasteiger partial charge in [0.1, 0.15) is 11.5 Å². The highest BCUT2D eigenvalue weighted by Gasteiger charge is 2.17. The molecule has 0 unspecified atom stereocenters. The van der Waals surface area contributed by atoms with Gasteiger partial charge in [0.15, 0.2) is 0 Å². The highest BCUT2D eigenvalue weighted by molar-refractivity contribution is 7.10. The fourth-order valence-corrected chi connectivity index (χ4v) is 3.17. The number of nitrogens with zero attached hydrogens (tertiary/aromatic N) is 1. The minimum absolute atomic E-state index is 0.145. The molecule has 6 heteroatoms. The first-order valence-electron chi connectivity index (χ1n) is 7.26. The van der Waals surface area contributed by atoms with E-state index in [9.17, 15) is 4.79 Å². The molecule has 0 spiro atoms. The van der Waals surface area contributed by atoms with Gasteiger partial charge in [0.05, 0.1) is 20.3 Å². The van der Waals surface area contributed by atoms with Crippen LogP contribution in [0.4, 0.5) is 0 Å². The number of rotatable bonds is 7. The molecule has 0 aliphatic heterocycles. The number of carbonyl (C=O) groups is 1. The van der Waals surface area contributed by atoms with Gasteiger partial charge >= 0.3 is 0 Å². The van der Waals surface area contributed by atoms with E-state index in [4.69, 9.17) is 9.47 Å². The summed E-state index contributed by atoms with van der Waals surface area (Å²) < 4.78 is 10.4. The maximum Gasteiger partial charge on any atom is 0.251 e. The molecule has 0 saturated carbocycles. The van der Waals surface area contributed by atoms with Crippen LogP contribution >= 0.6 is 11.3 Å². The summed E-state index contributed by atoms with van der Waals surface area (Å²) in [4.78, 5) is 15.8. The normalized spacial score (nSPS) is 12.0. The van der Waals surface area contributed by atoms with Gasteiger partial charge in [-0.05, 0) is 37.7 Å². The molecule has 1 heterocycles. The molecule has 2 rings (SSSR count). The maximum atomic E-state index is 12.4. The Morgan fingerprint density at radius 3 is 2.35 bits per heavy atom. The van der Waals surface area contributed by atoms with Crippen molar-refractivity contribution in [3.63, 3.8) is 0 Å². The van der Waals surface area contributed by atoms with Crippen LogP contribution in [-0.2, 0) is 0 Å². The number of likely N-dealkylation sites (N-methyl/N-ethyl adjacent to an activating group) is 1. The molecule has 1 atom stereocenters. The molecule has 23 heavy (non-hydrogen) atoms. The lowest BCUT2D eigenvalue weighted by Gasteiger charge is -2.23. The van der Waals surface area contributed by atoms with Crippen molar-refractivity contribution in [2.75, 3.05) is 34.9 Å². The van der Waals surface area contributed by atoms with E-state index in [1.54, 1.807) is 43.8 Å². The van der Waals surface area contributed by atoms with E-state index in [0.29, 0.717) is 23.6 Å². The van der Waals surface area contributed by atoms with Crippen molar-refractivity contribution in [3.8, 4) is 11.5 Å². The summed E-state index contributed by atoms with van der Waals surface area (Å²) in [5.41, 5.74) is 0.518. The molecule has 0 radical (unpaired) electrons. The van der Waals surface area contributed by atoms with Gasteiger partial charge in [-0.25, -0.2) is 0 Å². The van der Waals surface area contributed by atoms with Crippen molar-refractivity contribution in [2.24, 2.45) is 0 Å². The predicted octanol–water partition coefficient (Wildman–Crippen LogP) is 2.80. The van der Waals surface area contributed by atoms with Gasteiger partial charge < -0.3 is 19.7 Å². The van der Waals surface area contributed by atoms with Crippen LogP contribution in [0.5, 0.6) is 11.5 Å². The molecule has 1 N–H and O–H groups in total. The monoisotopic (exact) mass is 334 g/mol. The lowest BCUT2D eigenvalue weighted by molar-refractivity contribution is 0.0941. The summed E-state index contributed by atoms with van der Waals surface area (Å²) in [5.74, 6) is 1.04. The second-order valence-corrected chi connectivity index (χ2v) is 6.29. The smallest absolute Gasteiger partial charge is 0.251 e. The Morgan fingerprint density at radius 1 is 1.22 bits per heavy atom. The molecule has 2 aromatic rings. The van der Waals surface area contributed by atoms with Crippen LogP contribution in [0.3, 0.4) is 0 Å². The van der Waals surface area contributed by atoms with E-state index < -0.39 is 0 Å². The summed E-state index contributed by atoms with van der Waals surface area (Å²) in [5, 5.41) is 5.03. The zero-order chi connectivity index (χ0) is 16.8. The number of nitrogens with one attached hydrogen (secondary N) is 1. The lowest BCUT2D eigenvalue weighted by Crippen LogP contribution is -2.34. The first-order chi connectivity index (χ1) is 11.0. The van der Waals surface area contributed by atoms with Crippen molar-refractivity contribution in [1.29, 1.82) is 0 Å². The van der Waals surface area contributed by atoms with Crippen molar-refractivity contribution >= 4 is 17.2 Å². The summed E-state index contributed by atoms with van der Waals surface area (Å²) in [6.45, 7) is 0.534. The van der Waals surface area contributed by atoms with Crippen LogP contribution in [0.15, 0.2) is 35.7 Å². The largest absolute Gasteiger partial charge is 0.497 e. The number of methoxy groups -OCH3 is 2. The average molecular weight is 334 g/mol. The molecule has 124 valence electrons. The number of carbonyl (C=O) groups excluding carboxylic acids is 1. The molecule has 1 amide bonds. The van der Waals surface area contributed by atoms with E-state index in [2.05, 4.69) is 16.3 Å². The van der Waals surface area contributed by atoms with Crippen molar-refractivity contribution < 1.29 is 14.3 Å². The van der Waals surface area contributed by atoms with E-state index in [1.807, 2.05) is 25.5 Å². The van der Waals surface area contributed by atoms with Crippen molar-refractivity contribution in [1.82, 2.24) is 10.2 Å². The Kier molecular flexibility index (Phi) is 6.01. The number of benzene rings is 1. The standard InChI is InChI=1S/C17H22N2O3S/c1-19(2)15(16-6-5-7-23-16)11-18-17(20)12-8-13(21-3)10-14(9-12)22-4/h5-10,15H,11H2,1-4H3,(H,18,20)/t15-/m1/s1. The Morgan fingerprint density at radius 2 is 1.87 bits per heavy atom. The molecule has 0 fully saturated rings. The topological polar surface area (TPSA) is 50.8 Å². The predicted molar refractivity (Wildman–Crippen MR) is 92.6 cm³/mol. The fraction of sp³-hybridized carbons (Fsp3) is 0.353. The Bertz CT molecular complexity index is 619. The minimum Gasteiger partial charge on any atom is -0.497 e. The van der Waals surface area contributed by atoms with Gasteiger partial charge in [0, 0.05) is 23.1 Å². The maximum absolute atomic E-state index is 12.4. The molecule has 0 bridgehead atoms. The van der Waals surface area contributed by atoms with Gasteiger partial charge in [0.2, 0.25) is 0 Å². The summed E-state index contributed by atoms with van der Waals surface area (Å²) >= 11 is 1.69. The number of hydrogen-bond acceptors (Lipinski definition) is 5. The third kappa shape index (κ3) is 4.46. The lowest BCUT2D eigenvalue weighted by atomic mass is 10.1. The van der Waals surface area contributed by atoms with Crippen molar-refractivity contribution in [3.05, 3.63) is 46.2 Å². The second kappa shape index (κ2) is 7.99. The number of thiophene rings is 1. The van der Waals surface area contributed by atoms with Crippen LogP contribution in [0.2, 0.25) is 0 Å². The highest BCUT2D eigenvalue weighted by atomic mass is 32.1. The summed E-state index contributed by atoms with van der Waals surface area (Å²) in [6, 6.07) is 9.39. The quantitative estimate of drug-likeness (QED) is 0.846. The fourth-order valence-electron chi connectivity index (χ4n) is 2.25. The van der Waals surface area contributed by atoms with Crippen LogP contribution < -0.4 is 14.8 Å². The number of ether oxygens (including phenoxy) is 2. The van der Waals surface area contributed by atoms with Gasteiger partial charge in [0.25, 0.3) is 5.91 Å². The molecule has 0 aliphatic carbocycles. The molecule has 0 aliphatic rings. The second-order valence-electron chi connectivity index (χ2n) is 5.31. The molecular formula is C17H22N2O3S. The Hall–Kier alpha value is -2.05. The highest BCUT2D eigenvalue weighted by Crippen LogP contribution is 2.24. The van der Waals surface area contributed by atoms with Crippen LogP contribution in [-0.4, -0.2) is 45.7 Å². The minimum atomic E-state index is -0.148. The van der Waals surface area contributed by atoms with Gasteiger partial charge in [-0.2, -0.15) is 0 Å². The Labute approximate surface area is 140 Å². The molecule has 1 aromatic carbocycles. The van der Waals surface area contributed by atoms with E-state index >= 15 is 0 Å². The van der Waals surface area contributed by atoms with E-state index in [-0.39, 0.29) is 11.9 Å². The summed E-state index contributed by atoms with van der Waals surface area (Å²) in [6.07, 6.45) is 0. The number of amides is 1. The molecular weight excluding hydrogens is 312 g/mol. The van der Waals surface area contributed by atoms with Crippen LogP contribution in [0.25, 0.3) is 0 Å². The zero-order valence-electron chi connectivity index (χ0n) is 13.8. The van der Waals surface area contributed by atoms with Crippen LogP contribution in [0.1, 0.15) is 21.3 Å². The molecule has 5 nitrogen and oxygen atoms in total. The first kappa shape index (κ1) is 17.3. The molecule has 1 aromatic heterocycles. The van der Waals surface area contributed by atoms with Gasteiger partial charge in [-0.15, -0.1) is 11.3 Å². The third-order valence-electron chi connectivity index (χ3n) is 3.56. The summed E-state index contributed by atoms with van der Waals surface area (Å²) in [7, 11) is 7.14. The first-order valence-corrected chi connectivity index (χ1v) is 8.14. The van der Waals surface area contributed by atoms with Crippen molar-refractivity contribution in [2.45, 2.75) is 6.04 Å². The van der Waals surface area contributed by atoms with E-state index in [0.717, 1.165) is 0 Å². The third-order valence-corrected chi connectivity index (χ3v) is 4.54. The van der Waals surface area contributed by atoms with E-state index in [1.165, 1.54) is 4.88 Å². The van der Waals surface area contributed by atoms with Gasteiger partial charge in [-0.1, -0.05) is 6.07 Å². The Balaban J connectivity index is 2.09. The molecule has 0 saturated heterocycles. The average Bonchev–Trinajstić information content (AvgIpc) is 3.08. The van der Waals surface area contributed by atoms with Crippen LogP contribution in [0, 0.1) is 0 Å². The zero-order valence-corrected chi connectivity index (χ0v) is 14.6. The van der Waals surface area contributed by atoms with Gasteiger partial charge in [-0.3, -0.25) is 4.79 Å².